The molecule has 19 heavy (non-hydrogen) atoms. The molecule has 0 aromatic heterocycles. The highest BCUT2D eigenvalue weighted by Crippen LogP contribution is 2.23. The molecule has 0 aliphatic rings. The first-order chi connectivity index (χ1) is 8.82. The number of halogens is 2. The monoisotopic (exact) mass is 270 g/mol. The van der Waals surface area contributed by atoms with E-state index in [2.05, 4.69) is 0 Å². The van der Waals surface area contributed by atoms with Gasteiger partial charge in [0.15, 0.2) is 0 Å². The largest absolute Gasteiger partial charge is 0.339 e. The molecule has 1 aromatic carbocycles. The average Bonchev–Trinajstić information content (AvgIpc) is 2.37. The molecule has 1 amide bonds. The van der Waals surface area contributed by atoms with Crippen LogP contribution in [0.5, 0.6) is 0 Å². The normalized spacial score (nSPS) is 14.0. The SMILES string of the molecule is CC(N)CCC(=O)N(C)C(C)c1cc(F)ccc1F. The summed E-state index contributed by atoms with van der Waals surface area (Å²) >= 11 is 0. The fourth-order valence-corrected chi connectivity index (χ4v) is 1.79. The first kappa shape index (κ1) is 15.6. The molecular weight excluding hydrogens is 250 g/mol. The van der Waals surface area contributed by atoms with Gasteiger partial charge in [-0.25, -0.2) is 8.78 Å². The first-order valence-corrected chi connectivity index (χ1v) is 6.29. The number of carbonyl (C=O) groups is 1. The minimum atomic E-state index is -0.517. The lowest BCUT2D eigenvalue weighted by Crippen LogP contribution is -2.31. The summed E-state index contributed by atoms with van der Waals surface area (Å²) in [5.41, 5.74) is 5.77. The van der Waals surface area contributed by atoms with Crippen LogP contribution < -0.4 is 5.73 Å². The molecule has 3 nitrogen and oxygen atoms in total. The molecule has 1 rings (SSSR count). The molecule has 0 bridgehead atoms. The molecule has 0 aliphatic carbocycles. The molecule has 0 heterocycles. The zero-order valence-corrected chi connectivity index (χ0v) is 11.5. The molecule has 0 saturated carbocycles. The Labute approximate surface area is 112 Å². The van der Waals surface area contributed by atoms with E-state index in [4.69, 9.17) is 5.73 Å². The molecule has 0 saturated heterocycles. The summed E-state index contributed by atoms with van der Waals surface area (Å²) in [7, 11) is 1.58. The van der Waals surface area contributed by atoms with Crippen LogP contribution >= 0.6 is 0 Å². The maximum Gasteiger partial charge on any atom is 0.222 e. The van der Waals surface area contributed by atoms with Crippen LogP contribution in [0.3, 0.4) is 0 Å². The summed E-state index contributed by atoms with van der Waals surface area (Å²) in [4.78, 5) is 13.3. The fourth-order valence-electron chi connectivity index (χ4n) is 1.79. The molecule has 2 unspecified atom stereocenters. The third-order valence-electron chi connectivity index (χ3n) is 3.20. The van der Waals surface area contributed by atoms with Crippen LogP contribution in [-0.2, 0) is 4.79 Å². The van der Waals surface area contributed by atoms with Gasteiger partial charge in [0, 0.05) is 25.1 Å². The van der Waals surface area contributed by atoms with Crippen molar-refractivity contribution in [3.8, 4) is 0 Å². The van der Waals surface area contributed by atoms with Gasteiger partial charge in [0.05, 0.1) is 6.04 Å². The lowest BCUT2D eigenvalue weighted by molar-refractivity contribution is -0.132. The number of nitrogens with two attached hydrogens (primary N) is 1. The van der Waals surface area contributed by atoms with E-state index in [-0.39, 0.29) is 17.5 Å². The Morgan fingerprint density at radius 2 is 2.00 bits per heavy atom. The summed E-state index contributed by atoms with van der Waals surface area (Å²) < 4.78 is 26.8. The quantitative estimate of drug-likeness (QED) is 0.894. The molecule has 2 atom stereocenters. The van der Waals surface area contributed by atoms with Crippen molar-refractivity contribution in [2.75, 3.05) is 7.05 Å². The highest BCUT2D eigenvalue weighted by atomic mass is 19.1. The predicted octanol–water partition coefficient (Wildman–Crippen LogP) is 2.61. The van der Waals surface area contributed by atoms with Crippen LogP contribution in [0.15, 0.2) is 18.2 Å². The molecule has 106 valence electrons. The average molecular weight is 270 g/mol. The van der Waals surface area contributed by atoms with Crippen molar-refractivity contribution in [1.82, 2.24) is 4.90 Å². The van der Waals surface area contributed by atoms with Crippen LogP contribution in [0, 0.1) is 11.6 Å². The van der Waals surface area contributed by atoms with Gasteiger partial charge < -0.3 is 10.6 Å². The molecule has 0 spiro atoms. The Bertz CT molecular complexity index is 449. The summed E-state index contributed by atoms with van der Waals surface area (Å²) in [5, 5.41) is 0. The molecule has 2 N–H and O–H groups in total. The minimum Gasteiger partial charge on any atom is -0.339 e. The number of nitrogens with zero attached hydrogens (tertiary/aromatic N) is 1. The third-order valence-corrected chi connectivity index (χ3v) is 3.20. The lowest BCUT2D eigenvalue weighted by atomic mass is 10.1. The van der Waals surface area contributed by atoms with Crippen molar-refractivity contribution in [2.45, 2.75) is 38.8 Å². The van der Waals surface area contributed by atoms with E-state index < -0.39 is 17.7 Å². The number of rotatable bonds is 5. The molecular formula is C14H20F2N2O. The number of amides is 1. The Kier molecular flexibility index (Phi) is 5.42. The van der Waals surface area contributed by atoms with E-state index in [0.29, 0.717) is 12.8 Å². The van der Waals surface area contributed by atoms with Crippen LogP contribution in [0.4, 0.5) is 8.78 Å². The Hall–Kier alpha value is -1.49. The van der Waals surface area contributed by atoms with Crippen molar-refractivity contribution < 1.29 is 13.6 Å². The van der Waals surface area contributed by atoms with Gasteiger partial charge in [-0.05, 0) is 38.5 Å². The van der Waals surface area contributed by atoms with Crippen molar-refractivity contribution >= 4 is 5.91 Å². The predicted molar refractivity (Wildman–Crippen MR) is 70.4 cm³/mol. The minimum absolute atomic E-state index is 0.0569. The van der Waals surface area contributed by atoms with Crippen LogP contribution in [0.2, 0.25) is 0 Å². The molecule has 0 radical (unpaired) electrons. The summed E-state index contributed by atoms with van der Waals surface area (Å²) in [6.07, 6.45) is 0.872. The van der Waals surface area contributed by atoms with Crippen LogP contribution in [-0.4, -0.2) is 23.9 Å². The van der Waals surface area contributed by atoms with Gasteiger partial charge in [-0.15, -0.1) is 0 Å². The second kappa shape index (κ2) is 6.61. The Morgan fingerprint density at radius 1 is 1.37 bits per heavy atom. The van der Waals surface area contributed by atoms with Crippen LogP contribution in [0.1, 0.15) is 38.3 Å². The zero-order chi connectivity index (χ0) is 14.6. The standard InChI is InChI=1S/C14H20F2N2O/c1-9(17)4-7-14(19)18(3)10(2)12-8-11(15)5-6-13(12)16/h5-6,8-10H,4,7,17H2,1-3H3. The van der Waals surface area contributed by atoms with E-state index in [0.717, 1.165) is 18.2 Å². The number of benzene rings is 1. The lowest BCUT2D eigenvalue weighted by Gasteiger charge is -2.26. The first-order valence-electron chi connectivity index (χ1n) is 6.29. The Balaban J connectivity index is 2.78. The fraction of sp³-hybridized carbons (Fsp3) is 0.500. The highest BCUT2D eigenvalue weighted by Gasteiger charge is 2.20. The van der Waals surface area contributed by atoms with Gasteiger partial charge in [-0.3, -0.25) is 4.79 Å². The maximum atomic E-state index is 13.6. The van der Waals surface area contributed by atoms with Gasteiger partial charge >= 0.3 is 0 Å². The van der Waals surface area contributed by atoms with Crippen molar-refractivity contribution in [1.29, 1.82) is 0 Å². The van der Waals surface area contributed by atoms with Crippen molar-refractivity contribution in [3.05, 3.63) is 35.4 Å². The Morgan fingerprint density at radius 3 is 2.58 bits per heavy atom. The van der Waals surface area contributed by atoms with Crippen molar-refractivity contribution in [3.63, 3.8) is 0 Å². The van der Waals surface area contributed by atoms with E-state index in [1.165, 1.54) is 4.90 Å². The topological polar surface area (TPSA) is 46.3 Å². The van der Waals surface area contributed by atoms with E-state index in [1.54, 1.807) is 14.0 Å². The number of hydrogen-bond acceptors (Lipinski definition) is 2. The third kappa shape index (κ3) is 4.28. The molecule has 0 aliphatic heterocycles. The number of carbonyl (C=O) groups excluding carboxylic acids is 1. The smallest absolute Gasteiger partial charge is 0.222 e. The van der Waals surface area contributed by atoms with E-state index >= 15 is 0 Å². The van der Waals surface area contributed by atoms with E-state index in [1.807, 2.05) is 6.92 Å². The summed E-state index contributed by atoms with van der Waals surface area (Å²) in [6.45, 7) is 3.49. The van der Waals surface area contributed by atoms with Gasteiger partial charge in [-0.1, -0.05) is 0 Å². The second-order valence-electron chi connectivity index (χ2n) is 4.86. The summed E-state index contributed by atoms with van der Waals surface area (Å²) in [6, 6.07) is 2.68. The zero-order valence-electron chi connectivity index (χ0n) is 11.5. The molecule has 0 fully saturated rings. The van der Waals surface area contributed by atoms with E-state index in [9.17, 15) is 13.6 Å². The number of hydrogen-bond donors (Lipinski definition) is 1. The van der Waals surface area contributed by atoms with Gasteiger partial charge in [-0.2, -0.15) is 0 Å². The van der Waals surface area contributed by atoms with Gasteiger partial charge in [0.25, 0.3) is 0 Å². The molecule has 5 heteroatoms. The van der Waals surface area contributed by atoms with Crippen LogP contribution in [0.25, 0.3) is 0 Å². The summed E-state index contributed by atoms with van der Waals surface area (Å²) in [5.74, 6) is -1.16. The maximum absolute atomic E-state index is 13.6. The highest BCUT2D eigenvalue weighted by molar-refractivity contribution is 5.76. The van der Waals surface area contributed by atoms with Gasteiger partial charge in [0.1, 0.15) is 11.6 Å². The van der Waals surface area contributed by atoms with Gasteiger partial charge in [0.2, 0.25) is 5.91 Å². The van der Waals surface area contributed by atoms with Crippen molar-refractivity contribution in [2.24, 2.45) is 5.73 Å². The molecule has 1 aromatic rings. The second-order valence-corrected chi connectivity index (χ2v) is 4.86.